The Balaban J connectivity index is 2.67. The Hall–Kier alpha value is -0.860. The number of hydrogen-bond acceptors (Lipinski definition) is 2. The number of benzene rings is 1. The fourth-order valence-corrected chi connectivity index (χ4v) is 1.32. The van der Waals surface area contributed by atoms with Crippen molar-refractivity contribution in [3.8, 4) is 0 Å². The minimum atomic E-state index is -0.322. The van der Waals surface area contributed by atoms with E-state index in [9.17, 15) is 5.11 Å². The molecule has 0 saturated heterocycles. The van der Waals surface area contributed by atoms with E-state index in [0.717, 1.165) is 24.0 Å². The molecule has 0 saturated carbocycles. The van der Waals surface area contributed by atoms with Crippen LogP contribution >= 0.6 is 0 Å². The van der Waals surface area contributed by atoms with Crippen LogP contribution in [-0.2, 0) is 6.54 Å². The summed E-state index contributed by atoms with van der Waals surface area (Å²) in [6.07, 6.45) is 1.50. The lowest BCUT2D eigenvalue weighted by Gasteiger charge is -2.09. The fourth-order valence-electron chi connectivity index (χ4n) is 1.32. The van der Waals surface area contributed by atoms with Crippen molar-refractivity contribution < 1.29 is 5.11 Å². The van der Waals surface area contributed by atoms with Crippen molar-refractivity contribution >= 4 is 0 Å². The van der Waals surface area contributed by atoms with Crippen molar-refractivity contribution in [3.05, 3.63) is 35.4 Å². The summed E-state index contributed by atoms with van der Waals surface area (Å²) < 4.78 is 0. The van der Waals surface area contributed by atoms with Gasteiger partial charge in [-0.2, -0.15) is 0 Å². The SMILES string of the molecule is CCCC(O)c1ccc(CN)cc1. The molecule has 0 aliphatic carbocycles. The Bertz CT molecular complexity index is 243. The first kappa shape index (κ1) is 10.2. The molecule has 1 aromatic carbocycles. The average Bonchev–Trinajstić information content (AvgIpc) is 2.18. The zero-order chi connectivity index (χ0) is 9.68. The maximum absolute atomic E-state index is 9.65. The largest absolute Gasteiger partial charge is 0.388 e. The highest BCUT2D eigenvalue weighted by Gasteiger charge is 2.04. The van der Waals surface area contributed by atoms with Gasteiger partial charge >= 0.3 is 0 Å². The summed E-state index contributed by atoms with van der Waals surface area (Å²) in [4.78, 5) is 0. The van der Waals surface area contributed by atoms with E-state index in [2.05, 4.69) is 6.92 Å². The molecule has 3 N–H and O–H groups in total. The van der Waals surface area contributed by atoms with Gasteiger partial charge in [0.25, 0.3) is 0 Å². The highest BCUT2D eigenvalue weighted by Crippen LogP contribution is 2.18. The lowest BCUT2D eigenvalue weighted by atomic mass is 10.0. The lowest BCUT2D eigenvalue weighted by Crippen LogP contribution is -1.99. The molecule has 1 unspecified atom stereocenters. The molecule has 0 aromatic heterocycles. The van der Waals surface area contributed by atoms with Crippen molar-refractivity contribution in [1.29, 1.82) is 0 Å². The molecular formula is C11H17NO. The second-order valence-corrected chi connectivity index (χ2v) is 3.25. The molecule has 72 valence electrons. The number of hydrogen-bond donors (Lipinski definition) is 2. The molecule has 0 spiro atoms. The number of aliphatic hydroxyl groups excluding tert-OH is 1. The molecule has 0 aliphatic heterocycles. The van der Waals surface area contributed by atoms with Gasteiger partial charge in [0.2, 0.25) is 0 Å². The second kappa shape index (κ2) is 5.00. The van der Waals surface area contributed by atoms with Gasteiger partial charge in [0.1, 0.15) is 0 Å². The highest BCUT2D eigenvalue weighted by atomic mass is 16.3. The summed E-state index contributed by atoms with van der Waals surface area (Å²) in [6.45, 7) is 2.63. The van der Waals surface area contributed by atoms with Gasteiger partial charge in [-0.3, -0.25) is 0 Å². The summed E-state index contributed by atoms with van der Waals surface area (Å²) in [5, 5.41) is 9.65. The number of aliphatic hydroxyl groups is 1. The minimum Gasteiger partial charge on any atom is -0.388 e. The van der Waals surface area contributed by atoms with Crippen molar-refractivity contribution in [2.75, 3.05) is 0 Å². The Kier molecular flexibility index (Phi) is 3.93. The number of rotatable bonds is 4. The molecule has 0 heterocycles. The minimum absolute atomic E-state index is 0.322. The van der Waals surface area contributed by atoms with Crippen LogP contribution in [0.25, 0.3) is 0 Å². The molecule has 0 amide bonds. The van der Waals surface area contributed by atoms with Crippen molar-refractivity contribution in [1.82, 2.24) is 0 Å². The van der Waals surface area contributed by atoms with Crippen molar-refractivity contribution in [2.45, 2.75) is 32.4 Å². The second-order valence-electron chi connectivity index (χ2n) is 3.25. The first-order valence-electron chi connectivity index (χ1n) is 4.75. The molecule has 0 aliphatic rings. The van der Waals surface area contributed by atoms with E-state index in [1.54, 1.807) is 0 Å². The number of nitrogens with two attached hydrogens (primary N) is 1. The van der Waals surface area contributed by atoms with E-state index < -0.39 is 0 Å². The first-order valence-corrected chi connectivity index (χ1v) is 4.75. The lowest BCUT2D eigenvalue weighted by molar-refractivity contribution is 0.166. The third kappa shape index (κ3) is 2.83. The van der Waals surface area contributed by atoms with Gasteiger partial charge in [0.15, 0.2) is 0 Å². The smallest absolute Gasteiger partial charge is 0.0790 e. The van der Waals surface area contributed by atoms with E-state index in [1.165, 1.54) is 0 Å². The van der Waals surface area contributed by atoms with Crippen LogP contribution in [0.3, 0.4) is 0 Å². The van der Waals surface area contributed by atoms with Crippen LogP contribution in [0, 0.1) is 0 Å². The summed E-state index contributed by atoms with van der Waals surface area (Å²) in [5.41, 5.74) is 7.56. The van der Waals surface area contributed by atoms with E-state index in [0.29, 0.717) is 6.54 Å². The van der Waals surface area contributed by atoms with Gasteiger partial charge in [-0.15, -0.1) is 0 Å². The summed E-state index contributed by atoms with van der Waals surface area (Å²) in [6, 6.07) is 7.83. The van der Waals surface area contributed by atoms with E-state index in [4.69, 9.17) is 5.73 Å². The van der Waals surface area contributed by atoms with Crippen LogP contribution in [0.4, 0.5) is 0 Å². The zero-order valence-corrected chi connectivity index (χ0v) is 8.03. The van der Waals surface area contributed by atoms with E-state index in [-0.39, 0.29) is 6.10 Å². The van der Waals surface area contributed by atoms with E-state index in [1.807, 2.05) is 24.3 Å². The standard InChI is InChI=1S/C11H17NO/c1-2-3-11(13)10-6-4-9(8-12)5-7-10/h4-7,11,13H,2-3,8,12H2,1H3. The normalized spacial score (nSPS) is 12.8. The van der Waals surface area contributed by atoms with Gasteiger partial charge in [0, 0.05) is 6.54 Å². The van der Waals surface area contributed by atoms with Gasteiger partial charge in [-0.1, -0.05) is 37.6 Å². The summed E-state index contributed by atoms with van der Waals surface area (Å²) in [7, 11) is 0. The zero-order valence-electron chi connectivity index (χ0n) is 8.03. The molecule has 0 fully saturated rings. The van der Waals surface area contributed by atoms with Crippen LogP contribution in [-0.4, -0.2) is 5.11 Å². The first-order chi connectivity index (χ1) is 6.27. The molecule has 1 rings (SSSR count). The molecule has 13 heavy (non-hydrogen) atoms. The predicted molar refractivity (Wildman–Crippen MR) is 54.2 cm³/mol. The molecule has 1 atom stereocenters. The molecule has 1 aromatic rings. The van der Waals surface area contributed by atoms with Crippen LogP contribution in [0.15, 0.2) is 24.3 Å². The predicted octanol–water partition coefficient (Wildman–Crippen LogP) is 1.98. The van der Waals surface area contributed by atoms with Crippen LogP contribution < -0.4 is 5.73 Å². The van der Waals surface area contributed by atoms with Crippen LogP contribution in [0.1, 0.15) is 37.0 Å². The maximum Gasteiger partial charge on any atom is 0.0790 e. The Morgan fingerprint density at radius 1 is 1.31 bits per heavy atom. The quantitative estimate of drug-likeness (QED) is 0.742. The third-order valence-corrected chi connectivity index (χ3v) is 2.16. The Labute approximate surface area is 79.4 Å². The Morgan fingerprint density at radius 3 is 2.38 bits per heavy atom. The highest BCUT2D eigenvalue weighted by molar-refractivity contribution is 5.23. The molecule has 0 bridgehead atoms. The molecule has 2 heteroatoms. The maximum atomic E-state index is 9.65. The summed E-state index contributed by atoms with van der Waals surface area (Å²) >= 11 is 0. The fraction of sp³-hybridized carbons (Fsp3) is 0.455. The molecule has 0 radical (unpaired) electrons. The summed E-state index contributed by atoms with van der Waals surface area (Å²) in [5.74, 6) is 0. The van der Waals surface area contributed by atoms with Crippen LogP contribution in [0.5, 0.6) is 0 Å². The molecular weight excluding hydrogens is 162 g/mol. The van der Waals surface area contributed by atoms with Gasteiger partial charge < -0.3 is 10.8 Å². The van der Waals surface area contributed by atoms with Gasteiger partial charge in [-0.25, -0.2) is 0 Å². The van der Waals surface area contributed by atoms with Crippen molar-refractivity contribution in [3.63, 3.8) is 0 Å². The van der Waals surface area contributed by atoms with Gasteiger partial charge in [0.05, 0.1) is 6.10 Å². The third-order valence-electron chi connectivity index (χ3n) is 2.16. The topological polar surface area (TPSA) is 46.2 Å². The average molecular weight is 179 g/mol. The van der Waals surface area contributed by atoms with Crippen LogP contribution in [0.2, 0.25) is 0 Å². The van der Waals surface area contributed by atoms with Crippen molar-refractivity contribution in [2.24, 2.45) is 5.73 Å². The van der Waals surface area contributed by atoms with E-state index >= 15 is 0 Å². The Morgan fingerprint density at radius 2 is 1.92 bits per heavy atom. The molecule has 2 nitrogen and oxygen atoms in total. The van der Waals surface area contributed by atoms with Gasteiger partial charge in [-0.05, 0) is 17.5 Å². The monoisotopic (exact) mass is 179 g/mol.